The van der Waals surface area contributed by atoms with E-state index < -0.39 is 6.10 Å². The van der Waals surface area contributed by atoms with Gasteiger partial charge in [0.15, 0.2) is 0 Å². The summed E-state index contributed by atoms with van der Waals surface area (Å²) in [6.45, 7) is 1.72. The van der Waals surface area contributed by atoms with E-state index in [-0.39, 0.29) is 12.5 Å². The van der Waals surface area contributed by atoms with Crippen LogP contribution < -0.4 is 10.6 Å². The van der Waals surface area contributed by atoms with Crippen molar-refractivity contribution in [3.8, 4) is 0 Å². The molecule has 3 N–H and O–H groups in total. The molecule has 0 spiro atoms. The van der Waals surface area contributed by atoms with Gasteiger partial charge in [0.25, 0.3) is 0 Å². The van der Waals surface area contributed by atoms with Crippen molar-refractivity contribution in [3.63, 3.8) is 0 Å². The predicted molar refractivity (Wildman–Crippen MR) is 90.7 cm³/mol. The lowest BCUT2D eigenvalue weighted by Crippen LogP contribution is -2.22. The average molecular weight is 339 g/mol. The van der Waals surface area contributed by atoms with Crippen molar-refractivity contribution in [3.05, 3.63) is 58.1 Å². The molecule has 1 atom stereocenters. The Morgan fingerprint density at radius 2 is 1.91 bits per heavy atom. The van der Waals surface area contributed by atoms with Crippen LogP contribution in [0.15, 0.2) is 42.5 Å². The number of aliphatic hydroxyl groups is 1. The SMILES string of the molecule is C[C@H](O)c1ccccc1NCC(=O)Nc1cc(Cl)ccc1Cl. The van der Waals surface area contributed by atoms with Crippen LogP contribution in [0, 0.1) is 0 Å². The maximum atomic E-state index is 12.0. The van der Waals surface area contributed by atoms with Crippen LogP contribution in [-0.4, -0.2) is 17.6 Å². The Bertz CT molecular complexity index is 675. The fourth-order valence-corrected chi connectivity index (χ4v) is 2.32. The average Bonchev–Trinajstić information content (AvgIpc) is 2.49. The Balaban J connectivity index is 2.00. The molecule has 0 radical (unpaired) electrons. The molecule has 0 fully saturated rings. The van der Waals surface area contributed by atoms with Gasteiger partial charge in [-0.1, -0.05) is 41.4 Å². The molecule has 0 aliphatic heterocycles. The van der Waals surface area contributed by atoms with Crippen molar-refractivity contribution >= 4 is 40.5 Å². The van der Waals surface area contributed by atoms with E-state index in [9.17, 15) is 9.90 Å². The van der Waals surface area contributed by atoms with Crippen LogP contribution in [-0.2, 0) is 4.79 Å². The first-order valence-electron chi connectivity index (χ1n) is 6.73. The van der Waals surface area contributed by atoms with Crippen molar-refractivity contribution in [2.75, 3.05) is 17.2 Å². The third-order valence-corrected chi connectivity index (χ3v) is 3.62. The lowest BCUT2D eigenvalue weighted by Gasteiger charge is -2.14. The fraction of sp³-hybridized carbons (Fsp3) is 0.188. The predicted octanol–water partition coefficient (Wildman–Crippen LogP) is 4.10. The minimum absolute atomic E-state index is 0.0482. The molecule has 2 rings (SSSR count). The second-order valence-electron chi connectivity index (χ2n) is 4.79. The Hall–Kier alpha value is -1.75. The second-order valence-corrected chi connectivity index (χ2v) is 5.63. The zero-order chi connectivity index (χ0) is 16.1. The summed E-state index contributed by atoms with van der Waals surface area (Å²) in [5, 5.41) is 16.3. The van der Waals surface area contributed by atoms with Crippen molar-refractivity contribution < 1.29 is 9.90 Å². The standard InChI is InChI=1S/C16H16Cl2N2O2/c1-10(21)12-4-2-3-5-14(12)19-9-16(22)20-15-8-11(17)6-7-13(15)18/h2-8,10,19,21H,9H2,1H3,(H,20,22)/t10-/m0/s1. The van der Waals surface area contributed by atoms with Crippen molar-refractivity contribution in [2.24, 2.45) is 0 Å². The van der Waals surface area contributed by atoms with Crippen LogP contribution in [0.5, 0.6) is 0 Å². The molecule has 4 nitrogen and oxygen atoms in total. The highest BCUT2D eigenvalue weighted by Gasteiger charge is 2.10. The van der Waals surface area contributed by atoms with Crippen LogP contribution in [0.1, 0.15) is 18.6 Å². The third-order valence-electron chi connectivity index (χ3n) is 3.05. The van der Waals surface area contributed by atoms with Gasteiger partial charge in [-0.3, -0.25) is 4.79 Å². The number of nitrogens with one attached hydrogen (secondary N) is 2. The van der Waals surface area contributed by atoms with Gasteiger partial charge in [-0.05, 0) is 31.2 Å². The maximum absolute atomic E-state index is 12.0. The minimum Gasteiger partial charge on any atom is -0.389 e. The second kappa shape index (κ2) is 7.49. The molecule has 0 aromatic heterocycles. The summed E-state index contributed by atoms with van der Waals surface area (Å²) in [5.41, 5.74) is 1.91. The highest BCUT2D eigenvalue weighted by atomic mass is 35.5. The Labute approximate surface area is 139 Å². The summed E-state index contributed by atoms with van der Waals surface area (Å²) in [7, 11) is 0. The summed E-state index contributed by atoms with van der Waals surface area (Å²) in [4.78, 5) is 12.0. The van der Waals surface area contributed by atoms with Gasteiger partial charge in [-0.25, -0.2) is 0 Å². The lowest BCUT2D eigenvalue weighted by molar-refractivity contribution is -0.114. The molecular formula is C16H16Cl2N2O2. The number of rotatable bonds is 5. The molecule has 6 heteroatoms. The number of halogens is 2. The molecular weight excluding hydrogens is 323 g/mol. The molecule has 0 unspecified atom stereocenters. The van der Waals surface area contributed by atoms with Crippen LogP contribution in [0.4, 0.5) is 11.4 Å². The fourth-order valence-electron chi connectivity index (χ4n) is 1.99. The monoisotopic (exact) mass is 338 g/mol. The summed E-state index contributed by atoms with van der Waals surface area (Å²) in [6.07, 6.45) is -0.617. The largest absolute Gasteiger partial charge is 0.389 e. The van der Waals surface area contributed by atoms with Gasteiger partial charge in [-0.15, -0.1) is 0 Å². The number of carbonyl (C=O) groups excluding carboxylic acids is 1. The molecule has 0 bridgehead atoms. The molecule has 116 valence electrons. The zero-order valence-electron chi connectivity index (χ0n) is 11.9. The number of carbonyl (C=O) groups is 1. The van der Waals surface area contributed by atoms with Crippen molar-refractivity contribution in [1.29, 1.82) is 0 Å². The highest BCUT2D eigenvalue weighted by molar-refractivity contribution is 6.35. The molecule has 0 saturated carbocycles. The van der Waals surface area contributed by atoms with E-state index in [4.69, 9.17) is 23.2 Å². The Morgan fingerprint density at radius 1 is 1.18 bits per heavy atom. The normalized spacial score (nSPS) is 11.8. The molecule has 2 aromatic carbocycles. The molecule has 2 aromatic rings. The maximum Gasteiger partial charge on any atom is 0.243 e. The van der Waals surface area contributed by atoms with E-state index in [1.807, 2.05) is 18.2 Å². The topological polar surface area (TPSA) is 61.4 Å². The number of para-hydroxylation sites is 1. The number of anilines is 2. The van der Waals surface area contributed by atoms with Gasteiger partial charge < -0.3 is 15.7 Å². The first-order valence-corrected chi connectivity index (χ1v) is 7.48. The first-order chi connectivity index (χ1) is 10.5. The molecule has 22 heavy (non-hydrogen) atoms. The summed E-state index contributed by atoms with van der Waals surface area (Å²) in [5.74, 6) is -0.260. The molecule has 0 aliphatic carbocycles. The summed E-state index contributed by atoms with van der Waals surface area (Å²) >= 11 is 11.9. The number of hydrogen-bond acceptors (Lipinski definition) is 3. The van der Waals surface area contributed by atoms with Gasteiger partial charge in [0, 0.05) is 16.3 Å². The number of benzene rings is 2. The van der Waals surface area contributed by atoms with Crippen LogP contribution in [0.25, 0.3) is 0 Å². The molecule has 0 saturated heterocycles. The Kier molecular flexibility index (Phi) is 5.66. The van der Waals surface area contributed by atoms with Crippen LogP contribution in [0.2, 0.25) is 10.0 Å². The third kappa shape index (κ3) is 4.37. The number of amides is 1. The summed E-state index contributed by atoms with van der Waals surface area (Å²) < 4.78 is 0. The van der Waals surface area contributed by atoms with Crippen LogP contribution >= 0.6 is 23.2 Å². The molecule has 0 aliphatic rings. The quantitative estimate of drug-likeness (QED) is 0.769. The first kappa shape index (κ1) is 16.6. The molecule has 1 amide bonds. The van der Waals surface area contributed by atoms with E-state index in [1.165, 1.54) is 0 Å². The van der Waals surface area contributed by atoms with Gasteiger partial charge in [-0.2, -0.15) is 0 Å². The van der Waals surface area contributed by atoms with E-state index in [1.54, 1.807) is 31.2 Å². The lowest BCUT2D eigenvalue weighted by atomic mass is 10.1. The van der Waals surface area contributed by atoms with Crippen LogP contribution in [0.3, 0.4) is 0 Å². The van der Waals surface area contributed by atoms with Crippen molar-refractivity contribution in [1.82, 2.24) is 0 Å². The van der Waals surface area contributed by atoms with E-state index in [0.717, 1.165) is 5.56 Å². The number of aliphatic hydroxyl groups excluding tert-OH is 1. The van der Waals surface area contributed by atoms with E-state index >= 15 is 0 Å². The van der Waals surface area contributed by atoms with E-state index in [0.29, 0.717) is 21.4 Å². The van der Waals surface area contributed by atoms with E-state index in [2.05, 4.69) is 10.6 Å². The smallest absolute Gasteiger partial charge is 0.243 e. The van der Waals surface area contributed by atoms with Gasteiger partial charge >= 0.3 is 0 Å². The summed E-state index contributed by atoms with van der Waals surface area (Å²) in [6, 6.07) is 12.1. The van der Waals surface area contributed by atoms with Crippen molar-refractivity contribution in [2.45, 2.75) is 13.0 Å². The minimum atomic E-state index is -0.617. The van der Waals surface area contributed by atoms with Gasteiger partial charge in [0.1, 0.15) is 0 Å². The molecule has 0 heterocycles. The Morgan fingerprint density at radius 3 is 2.64 bits per heavy atom. The van der Waals surface area contributed by atoms with Gasteiger partial charge in [0.05, 0.1) is 23.4 Å². The van der Waals surface area contributed by atoms with Gasteiger partial charge in [0.2, 0.25) is 5.91 Å². The highest BCUT2D eigenvalue weighted by Crippen LogP contribution is 2.25. The number of hydrogen-bond donors (Lipinski definition) is 3. The zero-order valence-corrected chi connectivity index (χ0v) is 13.4.